The van der Waals surface area contributed by atoms with Gasteiger partial charge in [0.15, 0.2) is 0 Å². The number of H-pyrrole nitrogens is 1. The van der Waals surface area contributed by atoms with E-state index in [0.29, 0.717) is 5.82 Å². The molecule has 3 rings (SSSR count). The minimum atomic E-state index is -0.171. The average molecular weight is 352 g/mol. The molecule has 4 heteroatoms. The fraction of sp³-hybridized carbons (Fsp3) is 0.409. The molecule has 0 aliphatic heterocycles. The molecule has 0 spiro atoms. The van der Waals surface area contributed by atoms with E-state index < -0.39 is 0 Å². The lowest BCUT2D eigenvalue weighted by molar-refractivity contribution is 0.415. The van der Waals surface area contributed by atoms with Gasteiger partial charge < -0.3 is 14.8 Å². The molecule has 1 heterocycles. The lowest BCUT2D eigenvalue weighted by Gasteiger charge is -2.27. The lowest BCUT2D eigenvalue weighted by Crippen LogP contribution is -2.17. The molecule has 0 amide bonds. The first-order valence-electron chi connectivity index (χ1n) is 8.93. The summed E-state index contributed by atoms with van der Waals surface area (Å²) in [4.78, 5) is 8.03. The number of hydrogen-bond acceptors (Lipinski definition) is 3. The fourth-order valence-corrected chi connectivity index (χ4v) is 3.06. The number of imidazole rings is 1. The second-order valence-corrected chi connectivity index (χ2v) is 8.89. The predicted molar refractivity (Wildman–Crippen MR) is 107 cm³/mol. The van der Waals surface area contributed by atoms with E-state index in [1.165, 1.54) is 5.56 Å². The van der Waals surface area contributed by atoms with Crippen molar-refractivity contribution in [3.05, 3.63) is 41.5 Å². The number of aromatic amines is 1. The molecule has 0 unspecified atom stereocenters. The summed E-state index contributed by atoms with van der Waals surface area (Å²) in [6, 6.07) is 9.88. The molecule has 0 radical (unpaired) electrons. The van der Waals surface area contributed by atoms with Gasteiger partial charge in [0, 0.05) is 11.6 Å². The molecule has 2 aromatic carbocycles. The standard InChI is InChI=1S/C22H28N2O2/c1-21(2,3)13-10-15(19(25)16(11-13)22(4,5)6)20-23-17-9-8-14(26-7)12-18(17)24-20/h8-12,25H,1-7H3,(H,23,24). The Bertz CT molecular complexity index is 957. The maximum atomic E-state index is 11.0. The number of nitrogens with one attached hydrogen (secondary N) is 1. The van der Waals surface area contributed by atoms with E-state index in [1.54, 1.807) is 7.11 Å². The molecule has 0 saturated heterocycles. The van der Waals surface area contributed by atoms with Gasteiger partial charge in [-0.05, 0) is 34.6 Å². The third kappa shape index (κ3) is 3.28. The molecule has 0 saturated carbocycles. The summed E-state index contributed by atoms with van der Waals surface area (Å²) in [5, 5.41) is 11.0. The van der Waals surface area contributed by atoms with Gasteiger partial charge in [0.1, 0.15) is 17.3 Å². The topological polar surface area (TPSA) is 58.1 Å². The quantitative estimate of drug-likeness (QED) is 0.637. The number of aromatic nitrogens is 2. The van der Waals surface area contributed by atoms with Crippen LogP contribution < -0.4 is 4.74 Å². The van der Waals surface area contributed by atoms with Crippen molar-refractivity contribution in [3.63, 3.8) is 0 Å². The van der Waals surface area contributed by atoms with Crippen LogP contribution in [0, 0.1) is 0 Å². The second kappa shape index (κ2) is 6.04. The first kappa shape index (κ1) is 18.3. The summed E-state index contributed by atoms with van der Waals surface area (Å²) in [5.41, 5.74) is 4.37. The highest BCUT2D eigenvalue weighted by Gasteiger charge is 2.26. The minimum absolute atomic E-state index is 0.0301. The molecule has 0 aliphatic rings. The van der Waals surface area contributed by atoms with Crippen molar-refractivity contribution in [3.8, 4) is 22.9 Å². The fourth-order valence-electron chi connectivity index (χ4n) is 3.06. The van der Waals surface area contributed by atoms with Crippen molar-refractivity contribution in [1.82, 2.24) is 9.97 Å². The van der Waals surface area contributed by atoms with Gasteiger partial charge in [0.05, 0.1) is 23.7 Å². The maximum Gasteiger partial charge on any atom is 0.142 e. The van der Waals surface area contributed by atoms with Crippen LogP contribution in [0.3, 0.4) is 0 Å². The molecule has 26 heavy (non-hydrogen) atoms. The van der Waals surface area contributed by atoms with Gasteiger partial charge in [-0.15, -0.1) is 0 Å². The Morgan fingerprint density at radius 3 is 2.23 bits per heavy atom. The Balaban J connectivity index is 2.26. The van der Waals surface area contributed by atoms with E-state index in [1.807, 2.05) is 24.3 Å². The third-order valence-electron chi connectivity index (χ3n) is 4.73. The van der Waals surface area contributed by atoms with Gasteiger partial charge in [-0.25, -0.2) is 4.98 Å². The van der Waals surface area contributed by atoms with Crippen LogP contribution in [0.1, 0.15) is 52.7 Å². The third-order valence-corrected chi connectivity index (χ3v) is 4.73. The van der Waals surface area contributed by atoms with Crippen molar-refractivity contribution in [2.24, 2.45) is 0 Å². The zero-order valence-corrected chi connectivity index (χ0v) is 16.7. The number of rotatable bonds is 2. The normalized spacial score (nSPS) is 12.6. The van der Waals surface area contributed by atoms with Crippen molar-refractivity contribution < 1.29 is 9.84 Å². The second-order valence-electron chi connectivity index (χ2n) is 8.89. The zero-order valence-electron chi connectivity index (χ0n) is 16.7. The number of phenols is 1. The Morgan fingerprint density at radius 1 is 0.962 bits per heavy atom. The average Bonchev–Trinajstić information content (AvgIpc) is 2.95. The SMILES string of the molecule is COc1ccc2nc(-c3cc(C(C)(C)C)cc(C(C)(C)C)c3O)[nH]c2c1. The summed E-state index contributed by atoms with van der Waals surface area (Å²) in [5.74, 6) is 1.73. The van der Waals surface area contributed by atoms with Crippen LogP contribution in [0.4, 0.5) is 0 Å². The summed E-state index contributed by atoms with van der Waals surface area (Å²) in [6.45, 7) is 12.9. The smallest absolute Gasteiger partial charge is 0.142 e. The molecule has 0 aliphatic carbocycles. The van der Waals surface area contributed by atoms with Crippen molar-refractivity contribution in [2.45, 2.75) is 52.4 Å². The van der Waals surface area contributed by atoms with E-state index in [0.717, 1.165) is 27.9 Å². The largest absolute Gasteiger partial charge is 0.507 e. The lowest BCUT2D eigenvalue weighted by atomic mass is 9.79. The van der Waals surface area contributed by atoms with E-state index >= 15 is 0 Å². The number of fused-ring (bicyclic) bond motifs is 1. The van der Waals surface area contributed by atoms with Crippen molar-refractivity contribution >= 4 is 11.0 Å². The maximum absolute atomic E-state index is 11.0. The van der Waals surface area contributed by atoms with E-state index in [2.05, 4.69) is 52.6 Å². The Kier molecular flexibility index (Phi) is 4.26. The monoisotopic (exact) mass is 352 g/mol. The molecule has 2 N–H and O–H groups in total. The predicted octanol–water partition coefficient (Wildman–Crippen LogP) is 5.54. The van der Waals surface area contributed by atoms with Crippen LogP contribution in [0.2, 0.25) is 0 Å². The van der Waals surface area contributed by atoms with E-state index in [-0.39, 0.29) is 16.6 Å². The molecule has 0 bridgehead atoms. The van der Waals surface area contributed by atoms with Crippen LogP contribution in [0.5, 0.6) is 11.5 Å². The number of benzene rings is 2. The van der Waals surface area contributed by atoms with Crippen LogP contribution >= 0.6 is 0 Å². The molecular formula is C22H28N2O2. The van der Waals surface area contributed by atoms with Crippen LogP contribution in [-0.4, -0.2) is 22.2 Å². The highest BCUT2D eigenvalue weighted by molar-refractivity contribution is 5.82. The van der Waals surface area contributed by atoms with Crippen molar-refractivity contribution in [2.75, 3.05) is 7.11 Å². The Hall–Kier alpha value is -2.49. The number of ether oxygens (including phenoxy) is 1. The first-order valence-corrected chi connectivity index (χ1v) is 8.93. The van der Waals surface area contributed by atoms with Crippen LogP contribution in [0.15, 0.2) is 30.3 Å². The molecule has 0 fully saturated rings. The summed E-state index contributed by atoms with van der Waals surface area (Å²) in [6.07, 6.45) is 0. The number of nitrogens with zero attached hydrogens (tertiary/aromatic N) is 1. The number of methoxy groups -OCH3 is 1. The summed E-state index contributed by atoms with van der Waals surface area (Å²) < 4.78 is 5.29. The summed E-state index contributed by atoms with van der Waals surface area (Å²) >= 11 is 0. The highest BCUT2D eigenvalue weighted by atomic mass is 16.5. The zero-order chi connectivity index (χ0) is 19.3. The van der Waals surface area contributed by atoms with Crippen LogP contribution in [-0.2, 0) is 10.8 Å². The molecule has 1 aromatic heterocycles. The molecular weight excluding hydrogens is 324 g/mol. The molecule has 0 atom stereocenters. The number of hydrogen-bond donors (Lipinski definition) is 2. The van der Waals surface area contributed by atoms with Gasteiger partial charge in [-0.2, -0.15) is 0 Å². The van der Waals surface area contributed by atoms with Crippen LogP contribution in [0.25, 0.3) is 22.4 Å². The number of phenolic OH excluding ortho intramolecular Hbond substituents is 1. The van der Waals surface area contributed by atoms with E-state index in [9.17, 15) is 5.11 Å². The molecule has 3 aromatic rings. The minimum Gasteiger partial charge on any atom is -0.507 e. The van der Waals surface area contributed by atoms with Gasteiger partial charge >= 0.3 is 0 Å². The molecule has 138 valence electrons. The van der Waals surface area contributed by atoms with Gasteiger partial charge in [0.25, 0.3) is 0 Å². The van der Waals surface area contributed by atoms with Gasteiger partial charge in [-0.3, -0.25) is 0 Å². The van der Waals surface area contributed by atoms with Crippen molar-refractivity contribution in [1.29, 1.82) is 0 Å². The first-order chi connectivity index (χ1) is 12.0. The van der Waals surface area contributed by atoms with E-state index in [4.69, 9.17) is 9.72 Å². The Morgan fingerprint density at radius 2 is 1.65 bits per heavy atom. The molecule has 4 nitrogen and oxygen atoms in total. The summed E-state index contributed by atoms with van der Waals surface area (Å²) in [7, 11) is 1.65. The van der Waals surface area contributed by atoms with Gasteiger partial charge in [-0.1, -0.05) is 47.6 Å². The Labute approximate surface area is 155 Å². The van der Waals surface area contributed by atoms with Gasteiger partial charge in [0.2, 0.25) is 0 Å². The number of aromatic hydroxyl groups is 1. The highest BCUT2D eigenvalue weighted by Crippen LogP contribution is 2.41.